The van der Waals surface area contributed by atoms with Crippen molar-refractivity contribution in [1.82, 2.24) is 10.2 Å². The zero-order chi connectivity index (χ0) is 10.4. The van der Waals surface area contributed by atoms with Crippen molar-refractivity contribution in [2.45, 2.75) is 12.5 Å². The molecule has 2 N–H and O–H groups in total. The van der Waals surface area contributed by atoms with Crippen LogP contribution in [0.4, 0.5) is 0 Å². The van der Waals surface area contributed by atoms with E-state index in [0.717, 1.165) is 13.0 Å². The van der Waals surface area contributed by atoms with Crippen molar-refractivity contribution in [3.8, 4) is 0 Å². The topological polar surface area (TPSA) is 61.8 Å². The van der Waals surface area contributed by atoms with Crippen LogP contribution in [0.1, 0.15) is 6.42 Å². The fourth-order valence-corrected chi connectivity index (χ4v) is 1.51. The van der Waals surface area contributed by atoms with Crippen molar-refractivity contribution in [2.24, 2.45) is 0 Å². The normalized spacial score (nSPS) is 22.6. The monoisotopic (exact) mass is 202 g/mol. The molecule has 0 spiro atoms. The van der Waals surface area contributed by atoms with Crippen molar-refractivity contribution in [2.75, 3.05) is 39.9 Å². The van der Waals surface area contributed by atoms with Crippen LogP contribution in [0.5, 0.6) is 0 Å². The Labute approximate surface area is 84.0 Å². The molecule has 0 aliphatic carbocycles. The van der Waals surface area contributed by atoms with Gasteiger partial charge in [-0.15, -0.1) is 0 Å². The van der Waals surface area contributed by atoms with Gasteiger partial charge in [0.05, 0.1) is 19.3 Å². The number of hydrogen-bond acceptors (Lipinski definition) is 4. The predicted octanol–water partition coefficient (Wildman–Crippen LogP) is -1.18. The Hall–Kier alpha value is -0.650. The first kappa shape index (κ1) is 11.4. The lowest BCUT2D eigenvalue weighted by Gasteiger charge is -2.14. The van der Waals surface area contributed by atoms with Crippen LogP contribution in [-0.4, -0.2) is 61.9 Å². The van der Waals surface area contributed by atoms with E-state index in [4.69, 9.17) is 4.74 Å². The van der Waals surface area contributed by atoms with Crippen molar-refractivity contribution in [1.29, 1.82) is 0 Å². The average molecular weight is 202 g/mol. The number of aliphatic hydroxyl groups is 1. The van der Waals surface area contributed by atoms with Gasteiger partial charge >= 0.3 is 0 Å². The summed E-state index contributed by atoms with van der Waals surface area (Å²) < 4.78 is 4.81. The second-order valence-electron chi connectivity index (χ2n) is 3.52. The van der Waals surface area contributed by atoms with Gasteiger partial charge in [0.2, 0.25) is 5.91 Å². The minimum Gasteiger partial charge on any atom is -0.392 e. The number of rotatable bonds is 5. The van der Waals surface area contributed by atoms with E-state index in [1.165, 1.54) is 0 Å². The first-order valence-electron chi connectivity index (χ1n) is 4.88. The minimum absolute atomic E-state index is 0.00356. The summed E-state index contributed by atoms with van der Waals surface area (Å²) in [5, 5.41) is 12.0. The summed E-state index contributed by atoms with van der Waals surface area (Å²) in [7, 11) is 1.60. The number of likely N-dealkylation sites (tertiary alicyclic amines) is 1. The summed E-state index contributed by atoms with van der Waals surface area (Å²) in [6, 6.07) is 0. The Bertz CT molecular complexity index is 187. The molecule has 0 aromatic heterocycles. The summed E-state index contributed by atoms with van der Waals surface area (Å²) in [5.41, 5.74) is 0. The lowest BCUT2D eigenvalue weighted by atomic mass is 10.3. The maximum atomic E-state index is 11.3. The lowest BCUT2D eigenvalue weighted by Crippen LogP contribution is -2.37. The summed E-state index contributed by atoms with van der Waals surface area (Å²) in [5.74, 6) is -0.00356. The van der Waals surface area contributed by atoms with E-state index in [9.17, 15) is 9.90 Å². The Morgan fingerprint density at radius 1 is 1.71 bits per heavy atom. The van der Waals surface area contributed by atoms with E-state index in [1.54, 1.807) is 7.11 Å². The van der Waals surface area contributed by atoms with Gasteiger partial charge in [0.25, 0.3) is 0 Å². The van der Waals surface area contributed by atoms with Gasteiger partial charge in [-0.05, 0) is 6.42 Å². The Morgan fingerprint density at radius 3 is 3.07 bits per heavy atom. The third kappa shape index (κ3) is 4.04. The molecule has 5 nitrogen and oxygen atoms in total. The molecular formula is C9H18N2O3. The van der Waals surface area contributed by atoms with Crippen LogP contribution >= 0.6 is 0 Å². The molecule has 1 heterocycles. The summed E-state index contributed by atoms with van der Waals surface area (Å²) >= 11 is 0. The molecule has 1 aliphatic rings. The minimum atomic E-state index is -0.262. The number of aliphatic hydroxyl groups excluding tert-OH is 1. The number of amides is 1. The van der Waals surface area contributed by atoms with Crippen LogP contribution in [-0.2, 0) is 9.53 Å². The molecule has 0 aromatic rings. The van der Waals surface area contributed by atoms with Crippen molar-refractivity contribution >= 4 is 5.91 Å². The van der Waals surface area contributed by atoms with E-state index in [2.05, 4.69) is 5.32 Å². The van der Waals surface area contributed by atoms with E-state index in [0.29, 0.717) is 26.2 Å². The summed E-state index contributed by atoms with van der Waals surface area (Å²) in [4.78, 5) is 13.2. The molecule has 0 saturated carbocycles. The highest BCUT2D eigenvalue weighted by Crippen LogP contribution is 2.07. The molecule has 1 aliphatic heterocycles. The van der Waals surface area contributed by atoms with Crippen LogP contribution in [0.25, 0.3) is 0 Å². The van der Waals surface area contributed by atoms with Crippen LogP contribution in [0.2, 0.25) is 0 Å². The van der Waals surface area contributed by atoms with Crippen molar-refractivity contribution < 1.29 is 14.6 Å². The smallest absolute Gasteiger partial charge is 0.234 e. The van der Waals surface area contributed by atoms with Crippen molar-refractivity contribution in [3.63, 3.8) is 0 Å². The number of β-amino-alcohol motifs (C(OH)–C–C–N with tert-alkyl or cyclic N) is 1. The molecule has 1 rings (SSSR count). The first-order valence-corrected chi connectivity index (χ1v) is 4.88. The fraction of sp³-hybridized carbons (Fsp3) is 0.889. The number of carbonyl (C=O) groups is 1. The molecule has 1 saturated heterocycles. The quantitative estimate of drug-likeness (QED) is 0.551. The second-order valence-corrected chi connectivity index (χ2v) is 3.52. The maximum absolute atomic E-state index is 11.3. The Morgan fingerprint density at radius 2 is 2.50 bits per heavy atom. The number of methoxy groups -OCH3 is 1. The van der Waals surface area contributed by atoms with E-state index in [1.807, 2.05) is 4.90 Å². The molecule has 1 amide bonds. The van der Waals surface area contributed by atoms with Gasteiger partial charge in [-0.25, -0.2) is 0 Å². The zero-order valence-corrected chi connectivity index (χ0v) is 8.53. The second kappa shape index (κ2) is 5.95. The highest BCUT2D eigenvalue weighted by Gasteiger charge is 2.21. The van der Waals surface area contributed by atoms with Crippen molar-refractivity contribution in [3.05, 3.63) is 0 Å². The molecule has 0 bridgehead atoms. The van der Waals surface area contributed by atoms with E-state index < -0.39 is 0 Å². The number of hydrogen-bond donors (Lipinski definition) is 2. The molecule has 0 unspecified atom stereocenters. The van der Waals surface area contributed by atoms with Crippen LogP contribution in [0.15, 0.2) is 0 Å². The van der Waals surface area contributed by atoms with Gasteiger partial charge in [0.15, 0.2) is 0 Å². The molecule has 14 heavy (non-hydrogen) atoms. The largest absolute Gasteiger partial charge is 0.392 e. The Kier molecular flexibility index (Phi) is 4.86. The molecule has 0 aromatic carbocycles. The van der Waals surface area contributed by atoms with E-state index >= 15 is 0 Å². The molecule has 82 valence electrons. The molecule has 1 fully saturated rings. The summed E-state index contributed by atoms with van der Waals surface area (Å²) in [6.45, 7) is 2.87. The zero-order valence-electron chi connectivity index (χ0n) is 8.53. The molecule has 0 radical (unpaired) electrons. The average Bonchev–Trinajstić information content (AvgIpc) is 2.52. The number of carbonyl (C=O) groups excluding carboxylic acids is 1. The van der Waals surface area contributed by atoms with Gasteiger partial charge in [-0.1, -0.05) is 0 Å². The van der Waals surface area contributed by atoms with Crippen LogP contribution in [0, 0.1) is 0 Å². The van der Waals surface area contributed by atoms with Gasteiger partial charge in [0.1, 0.15) is 0 Å². The van der Waals surface area contributed by atoms with Gasteiger partial charge in [-0.2, -0.15) is 0 Å². The van der Waals surface area contributed by atoms with Crippen LogP contribution in [0.3, 0.4) is 0 Å². The SMILES string of the molecule is COCCNC(=O)CN1CC[C@@H](O)C1. The highest BCUT2D eigenvalue weighted by molar-refractivity contribution is 5.78. The number of nitrogens with zero attached hydrogens (tertiary/aromatic N) is 1. The van der Waals surface area contributed by atoms with Gasteiger partial charge < -0.3 is 15.2 Å². The highest BCUT2D eigenvalue weighted by atomic mass is 16.5. The van der Waals surface area contributed by atoms with Gasteiger partial charge in [0, 0.05) is 26.7 Å². The third-order valence-electron chi connectivity index (χ3n) is 2.24. The molecule has 5 heteroatoms. The lowest BCUT2D eigenvalue weighted by molar-refractivity contribution is -0.122. The van der Waals surface area contributed by atoms with Crippen LogP contribution < -0.4 is 5.32 Å². The molecular weight excluding hydrogens is 184 g/mol. The van der Waals surface area contributed by atoms with Gasteiger partial charge in [-0.3, -0.25) is 9.69 Å². The predicted molar refractivity (Wildman–Crippen MR) is 51.9 cm³/mol. The Balaban J connectivity index is 2.08. The number of nitrogens with one attached hydrogen (secondary N) is 1. The fourth-order valence-electron chi connectivity index (χ4n) is 1.51. The first-order chi connectivity index (χ1) is 6.72. The summed E-state index contributed by atoms with van der Waals surface area (Å²) in [6.07, 6.45) is 0.507. The standard InChI is InChI=1S/C9H18N2O3/c1-14-5-3-10-9(13)7-11-4-2-8(12)6-11/h8,12H,2-7H2,1H3,(H,10,13)/t8-/m1/s1. The number of ether oxygens (including phenoxy) is 1. The molecule has 1 atom stereocenters. The third-order valence-corrected chi connectivity index (χ3v) is 2.24. The van der Waals surface area contributed by atoms with E-state index in [-0.39, 0.29) is 12.0 Å². The maximum Gasteiger partial charge on any atom is 0.234 e.